The molecule has 0 radical (unpaired) electrons. The zero-order valence-corrected chi connectivity index (χ0v) is 15.7. The number of carbonyl (C=O) groups excluding carboxylic acids is 1. The van der Waals surface area contributed by atoms with E-state index in [1.165, 1.54) is 0 Å². The van der Waals surface area contributed by atoms with Crippen molar-refractivity contribution in [3.63, 3.8) is 0 Å². The molecule has 1 aliphatic heterocycles. The van der Waals surface area contributed by atoms with E-state index in [2.05, 4.69) is 19.9 Å². The summed E-state index contributed by atoms with van der Waals surface area (Å²) >= 11 is 0. The Kier molecular flexibility index (Phi) is 5.14. The van der Waals surface area contributed by atoms with Gasteiger partial charge in [0, 0.05) is 50.2 Å². The maximum Gasteiger partial charge on any atom is 0.254 e. The Balaban J connectivity index is 1.44. The van der Waals surface area contributed by atoms with E-state index < -0.39 is 0 Å². The van der Waals surface area contributed by atoms with E-state index in [9.17, 15) is 4.79 Å². The molecule has 1 aromatic carbocycles. The van der Waals surface area contributed by atoms with Crippen molar-refractivity contribution < 1.29 is 9.53 Å². The number of ether oxygens (including phenoxy) is 1. The normalized spacial score (nSPS) is 14.0. The first-order chi connectivity index (χ1) is 13.7. The molecule has 7 nitrogen and oxygen atoms in total. The van der Waals surface area contributed by atoms with Crippen LogP contribution in [0.4, 0.5) is 5.82 Å². The fourth-order valence-corrected chi connectivity index (χ4v) is 3.16. The van der Waals surface area contributed by atoms with Crippen LogP contribution in [0.1, 0.15) is 16.2 Å². The van der Waals surface area contributed by atoms with Crippen molar-refractivity contribution in [3.05, 3.63) is 72.3 Å². The van der Waals surface area contributed by atoms with Crippen LogP contribution in [-0.4, -0.2) is 51.9 Å². The van der Waals surface area contributed by atoms with Crippen molar-refractivity contribution in [2.45, 2.75) is 6.92 Å². The van der Waals surface area contributed by atoms with Crippen molar-refractivity contribution in [2.24, 2.45) is 0 Å². The first-order valence-electron chi connectivity index (χ1n) is 9.22. The van der Waals surface area contributed by atoms with Gasteiger partial charge in [0.1, 0.15) is 17.4 Å². The second kappa shape index (κ2) is 8.04. The number of carbonyl (C=O) groups is 1. The molecule has 7 heteroatoms. The van der Waals surface area contributed by atoms with Crippen molar-refractivity contribution in [3.8, 4) is 11.6 Å². The summed E-state index contributed by atoms with van der Waals surface area (Å²) in [6.45, 7) is 4.54. The summed E-state index contributed by atoms with van der Waals surface area (Å²) in [6, 6.07) is 14.9. The molecule has 3 heterocycles. The summed E-state index contributed by atoms with van der Waals surface area (Å²) < 4.78 is 5.86. The minimum Gasteiger partial charge on any atom is -0.439 e. The molecule has 0 bridgehead atoms. The second-order valence-corrected chi connectivity index (χ2v) is 6.54. The Bertz CT molecular complexity index is 942. The highest BCUT2D eigenvalue weighted by molar-refractivity contribution is 5.94. The number of para-hydroxylation sites is 1. The van der Waals surface area contributed by atoms with E-state index in [4.69, 9.17) is 4.74 Å². The first-order valence-corrected chi connectivity index (χ1v) is 9.22. The van der Waals surface area contributed by atoms with Crippen LogP contribution in [0.5, 0.6) is 11.6 Å². The molecule has 0 saturated carbocycles. The smallest absolute Gasteiger partial charge is 0.254 e. The van der Waals surface area contributed by atoms with Gasteiger partial charge in [-0.3, -0.25) is 9.78 Å². The maximum absolute atomic E-state index is 12.6. The molecule has 1 amide bonds. The minimum atomic E-state index is 0.0361. The van der Waals surface area contributed by atoms with Gasteiger partial charge < -0.3 is 14.5 Å². The van der Waals surface area contributed by atoms with Crippen LogP contribution in [0.15, 0.2) is 60.9 Å². The summed E-state index contributed by atoms with van der Waals surface area (Å²) in [4.78, 5) is 29.5. The number of hydrogen-bond donors (Lipinski definition) is 0. The summed E-state index contributed by atoms with van der Waals surface area (Å²) in [5, 5.41) is 0. The molecular weight excluding hydrogens is 354 g/mol. The lowest BCUT2D eigenvalue weighted by Crippen LogP contribution is -2.49. The predicted octanol–water partition coefficient (Wildman–Crippen LogP) is 2.93. The van der Waals surface area contributed by atoms with Crippen LogP contribution >= 0.6 is 0 Å². The lowest BCUT2D eigenvalue weighted by atomic mass is 10.2. The molecular formula is C21H21N5O2. The Hall–Kier alpha value is -3.48. The Morgan fingerprint density at radius 3 is 2.39 bits per heavy atom. The van der Waals surface area contributed by atoms with E-state index >= 15 is 0 Å². The number of nitrogens with zero attached hydrogens (tertiary/aromatic N) is 5. The van der Waals surface area contributed by atoms with Gasteiger partial charge >= 0.3 is 0 Å². The first kappa shape index (κ1) is 17.9. The molecule has 1 aliphatic rings. The SMILES string of the molecule is Cc1nc(Oc2ccccc2)cc(N2CCN(C(=O)c3ccncc3)CC2)n1. The molecule has 2 aromatic heterocycles. The standard InChI is InChI=1S/C21H21N5O2/c1-16-23-19(15-20(24-16)28-18-5-3-2-4-6-18)25-11-13-26(14-12-25)21(27)17-7-9-22-10-8-17/h2-10,15H,11-14H2,1H3. The van der Waals surface area contributed by atoms with Gasteiger partial charge in [-0.2, -0.15) is 4.98 Å². The van der Waals surface area contributed by atoms with Crippen LogP contribution < -0.4 is 9.64 Å². The molecule has 3 aromatic rings. The summed E-state index contributed by atoms with van der Waals surface area (Å²) in [7, 11) is 0. The average Bonchev–Trinajstić information content (AvgIpc) is 2.74. The van der Waals surface area contributed by atoms with Gasteiger partial charge in [0.15, 0.2) is 0 Å². The number of benzene rings is 1. The van der Waals surface area contributed by atoms with Gasteiger partial charge in [0.2, 0.25) is 5.88 Å². The summed E-state index contributed by atoms with van der Waals surface area (Å²) in [5.41, 5.74) is 0.667. The third-order valence-corrected chi connectivity index (χ3v) is 4.58. The number of aryl methyl sites for hydroxylation is 1. The average molecular weight is 375 g/mol. The minimum absolute atomic E-state index is 0.0361. The molecule has 1 saturated heterocycles. The Labute approximate surface area is 163 Å². The molecule has 0 unspecified atom stereocenters. The van der Waals surface area contributed by atoms with Crippen LogP contribution in [0.2, 0.25) is 0 Å². The molecule has 0 spiro atoms. The topological polar surface area (TPSA) is 71.5 Å². The number of piperazine rings is 1. The predicted molar refractivity (Wildman–Crippen MR) is 106 cm³/mol. The Morgan fingerprint density at radius 2 is 1.68 bits per heavy atom. The lowest BCUT2D eigenvalue weighted by molar-refractivity contribution is 0.0746. The third-order valence-electron chi connectivity index (χ3n) is 4.58. The molecule has 1 fully saturated rings. The largest absolute Gasteiger partial charge is 0.439 e. The van der Waals surface area contributed by atoms with Crippen LogP contribution in [0.25, 0.3) is 0 Å². The van der Waals surface area contributed by atoms with Gasteiger partial charge in [0.25, 0.3) is 5.91 Å². The lowest BCUT2D eigenvalue weighted by Gasteiger charge is -2.35. The van der Waals surface area contributed by atoms with Crippen molar-refractivity contribution in [2.75, 3.05) is 31.1 Å². The van der Waals surface area contributed by atoms with Crippen molar-refractivity contribution in [1.29, 1.82) is 0 Å². The second-order valence-electron chi connectivity index (χ2n) is 6.54. The molecule has 0 atom stereocenters. The van der Waals surface area contributed by atoms with Gasteiger partial charge in [-0.1, -0.05) is 18.2 Å². The number of amides is 1. The van der Waals surface area contributed by atoms with E-state index in [-0.39, 0.29) is 5.91 Å². The van der Waals surface area contributed by atoms with Gasteiger partial charge in [0.05, 0.1) is 0 Å². The van der Waals surface area contributed by atoms with Crippen LogP contribution in [-0.2, 0) is 0 Å². The highest BCUT2D eigenvalue weighted by atomic mass is 16.5. The number of aromatic nitrogens is 3. The summed E-state index contributed by atoms with van der Waals surface area (Å²) in [6.07, 6.45) is 3.28. The monoisotopic (exact) mass is 375 g/mol. The highest BCUT2D eigenvalue weighted by Crippen LogP contribution is 2.24. The fraction of sp³-hybridized carbons (Fsp3) is 0.238. The van der Waals surface area contributed by atoms with Crippen molar-refractivity contribution >= 4 is 11.7 Å². The van der Waals surface area contributed by atoms with E-state index in [0.717, 1.165) is 11.6 Å². The zero-order valence-electron chi connectivity index (χ0n) is 15.7. The molecule has 28 heavy (non-hydrogen) atoms. The third kappa shape index (κ3) is 4.09. The van der Waals surface area contributed by atoms with E-state index in [1.54, 1.807) is 24.5 Å². The van der Waals surface area contributed by atoms with Gasteiger partial charge in [-0.15, -0.1) is 0 Å². The summed E-state index contributed by atoms with van der Waals surface area (Å²) in [5.74, 6) is 2.76. The molecule has 0 aliphatic carbocycles. The fourth-order valence-electron chi connectivity index (χ4n) is 3.16. The quantitative estimate of drug-likeness (QED) is 0.698. The highest BCUT2D eigenvalue weighted by Gasteiger charge is 2.23. The molecule has 4 rings (SSSR count). The molecule has 0 N–H and O–H groups in total. The van der Waals surface area contributed by atoms with Gasteiger partial charge in [-0.05, 0) is 31.2 Å². The van der Waals surface area contributed by atoms with E-state index in [1.807, 2.05) is 48.2 Å². The number of rotatable bonds is 4. The van der Waals surface area contributed by atoms with E-state index in [0.29, 0.717) is 43.4 Å². The van der Waals surface area contributed by atoms with Gasteiger partial charge in [-0.25, -0.2) is 4.98 Å². The van der Waals surface area contributed by atoms with Crippen molar-refractivity contribution in [1.82, 2.24) is 19.9 Å². The zero-order chi connectivity index (χ0) is 19.3. The molecule has 142 valence electrons. The Morgan fingerprint density at radius 1 is 0.964 bits per heavy atom. The maximum atomic E-state index is 12.6. The number of anilines is 1. The number of hydrogen-bond acceptors (Lipinski definition) is 6. The van der Waals surface area contributed by atoms with Crippen LogP contribution in [0, 0.1) is 6.92 Å². The van der Waals surface area contributed by atoms with Crippen LogP contribution in [0.3, 0.4) is 0 Å². The number of pyridine rings is 1.